The van der Waals surface area contributed by atoms with Crippen molar-refractivity contribution < 1.29 is 17.9 Å². The fraction of sp³-hybridized carbons (Fsp3) is 0.529. The molecule has 136 valence electrons. The van der Waals surface area contributed by atoms with Crippen LogP contribution in [-0.4, -0.2) is 44.1 Å². The van der Waals surface area contributed by atoms with E-state index in [0.29, 0.717) is 30.6 Å². The normalized spacial score (nSPS) is 18.0. The van der Waals surface area contributed by atoms with Crippen molar-refractivity contribution >= 4 is 16.1 Å². The Labute approximate surface area is 148 Å². The molecule has 1 heterocycles. The van der Waals surface area contributed by atoms with Crippen LogP contribution >= 0.6 is 0 Å². The third kappa shape index (κ3) is 6.03. The first-order valence-corrected chi connectivity index (χ1v) is 9.70. The van der Waals surface area contributed by atoms with E-state index in [0.717, 1.165) is 0 Å². The summed E-state index contributed by atoms with van der Waals surface area (Å²) in [7, 11) is -3.53. The molecule has 2 rings (SSSR count). The van der Waals surface area contributed by atoms with Crippen LogP contribution in [0.25, 0.3) is 0 Å². The van der Waals surface area contributed by atoms with Crippen molar-refractivity contribution in [3.05, 3.63) is 35.4 Å². The number of hydrogen-bond donors (Lipinski definition) is 1. The van der Waals surface area contributed by atoms with E-state index in [1.54, 1.807) is 45.0 Å². The second-order valence-corrected chi connectivity index (χ2v) is 8.85. The third-order valence-electron chi connectivity index (χ3n) is 3.63. The number of carbonyl (C=O) groups excluding carboxylic acids is 1. The fourth-order valence-electron chi connectivity index (χ4n) is 2.54. The first-order chi connectivity index (χ1) is 11.6. The smallest absolute Gasteiger partial charge is 0.410 e. The summed E-state index contributed by atoms with van der Waals surface area (Å²) in [5.74, 6) is -0.165. The molecule has 1 aromatic rings. The molecule has 7 nitrogen and oxygen atoms in total. The van der Waals surface area contributed by atoms with Gasteiger partial charge in [-0.2, -0.15) is 5.26 Å². The summed E-state index contributed by atoms with van der Waals surface area (Å²) < 4.78 is 32.5. The highest BCUT2D eigenvalue weighted by atomic mass is 32.2. The Bertz CT molecular complexity index is 761. The van der Waals surface area contributed by atoms with Gasteiger partial charge in [0.25, 0.3) is 0 Å². The molecule has 1 fully saturated rings. The zero-order valence-corrected chi connectivity index (χ0v) is 15.5. The SMILES string of the molecule is CC(C)(C)OC(=O)N1CC[C@H](NS(=O)(=O)Cc2ccc(C#N)cc2)C1. The van der Waals surface area contributed by atoms with Crippen molar-refractivity contribution in [3.8, 4) is 6.07 Å². The molecule has 1 atom stereocenters. The lowest BCUT2D eigenvalue weighted by Crippen LogP contribution is -2.40. The second-order valence-electron chi connectivity index (χ2n) is 7.10. The molecule has 0 aliphatic carbocycles. The lowest BCUT2D eigenvalue weighted by Gasteiger charge is -2.24. The number of nitrogens with one attached hydrogen (secondary N) is 1. The number of ether oxygens (including phenoxy) is 1. The maximum absolute atomic E-state index is 12.3. The van der Waals surface area contributed by atoms with Crippen LogP contribution in [0.3, 0.4) is 0 Å². The van der Waals surface area contributed by atoms with Crippen molar-refractivity contribution in [1.82, 2.24) is 9.62 Å². The van der Waals surface area contributed by atoms with Gasteiger partial charge in [0.05, 0.1) is 17.4 Å². The van der Waals surface area contributed by atoms with Crippen molar-refractivity contribution in [2.75, 3.05) is 13.1 Å². The van der Waals surface area contributed by atoms with E-state index in [9.17, 15) is 13.2 Å². The summed E-state index contributed by atoms with van der Waals surface area (Å²) in [6.45, 7) is 6.12. The summed E-state index contributed by atoms with van der Waals surface area (Å²) in [4.78, 5) is 13.5. The van der Waals surface area contributed by atoms with Gasteiger partial charge in [0, 0.05) is 19.1 Å². The van der Waals surface area contributed by atoms with Gasteiger partial charge in [-0.25, -0.2) is 17.9 Å². The fourth-order valence-corrected chi connectivity index (χ4v) is 3.95. The summed E-state index contributed by atoms with van der Waals surface area (Å²) >= 11 is 0. The van der Waals surface area contributed by atoms with E-state index in [2.05, 4.69) is 4.72 Å². The largest absolute Gasteiger partial charge is 0.444 e. The van der Waals surface area contributed by atoms with Crippen LogP contribution in [0.1, 0.15) is 38.3 Å². The molecule has 8 heteroatoms. The van der Waals surface area contributed by atoms with Gasteiger partial charge in [0.15, 0.2) is 0 Å². The Kier molecular flexibility index (Phi) is 5.70. The topological polar surface area (TPSA) is 99.5 Å². The maximum atomic E-state index is 12.3. The quantitative estimate of drug-likeness (QED) is 0.879. The first-order valence-electron chi connectivity index (χ1n) is 8.05. The number of nitrogens with zero attached hydrogens (tertiary/aromatic N) is 2. The minimum absolute atomic E-state index is 0.165. The molecule has 1 saturated heterocycles. The molecule has 0 radical (unpaired) electrons. The molecule has 1 aliphatic rings. The Morgan fingerprint density at radius 1 is 1.36 bits per heavy atom. The minimum atomic E-state index is -3.53. The zero-order chi connectivity index (χ0) is 18.7. The van der Waals surface area contributed by atoms with E-state index in [1.807, 2.05) is 6.07 Å². The van der Waals surface area contributed by atoms with Crippen molar-refractivity contribution in [2.24, 2.45) is 0 Å². The van der Waals surface area contributed by atoms with Crippen LogP contribution in [0.15, 0.2) is 24.3 Å². The van der Waals surface area contributed by atoms with Crippen molar-refractivity contribution in [3.63, 3.8) is 0 Å². The van der Waals surface area contributed by atoms with Gasteiger partial charge in [-0.1, -0.05) is 12.1 Å². The Hall–Kier alpha value is -2.11. The first kappa shape index (κ1) is 19.2. The number of hydrogen-bond acceptors (Lipinski definition) is 5. The van der Waals surface area contributed by atoms with Crippen molar-refractivity contribution in [2.45, 2.75) is 44.6 Å². The molecule has 0 bridgehead atoms. The van der Waals surface area contributed by atoms with Crippen LogP contribution < -0.4 is 4.72 Å². The molecule has 0 aromatic heterocycles. The van der Waals surface area contributed by atoms with E-state index >= 15 is 0 Å². The maximum Gasteiger partial charge on any atom is 0.410 e. The number of nitriles is 1. The molecule has 25 heavy (non-hydrogen) atoms. The molecule has 1 N–H and O–H groups in total. The monoisotopic (exact) mass is 365 g/mol. The summed E-state index contributed by atoms with van der Waals surface area (Å²) in [6, 6.07) is 8.09. The molecular weight excluding hydrogens is 342 g/mol. The summed E-state index contributed by atoms with van der Waals surface area (Å²) in [6.07, 6.45) is 0.118. The van der Waals surface area contributed by atoms with Crippen LogP contribution in [0.5, 0.6) is 0 Å². The highest BCUT2D eigenvalue weighted by molar-refractivity contribution is 7.88. The van der Waals surface area contributed by atoms with E-state index in [4.69, 9.17) is 10.00 Å². The molecule has 0 saturated carbocycles. The summed E-state index contributed by atoms with van der Waals surface area (Å²) in [5, 5.41) is 8.77. The highest BCUT2D eigenvalue weighted by Gasteiger charge is 2.31. The van der Waals surface area contributed by atoms with Gasteiger partial charge >= 0.3 is 6.09 Å². The molecule has 1 aliphatic heterocycles. The van der Waals surface area contributed by atoms with Gasteiger partial charge < -0.3 is 9.64 Å². The third-order valence-corrected chi connectivity index (χ3v) is 5.03. The van der Waals surface area contributed by atoms with E-state index in [-0.39, 0.29) is 11.8 Å². The van der Waals surface area contributed by atoms with Gasteiger partial charge in [0.2, 0.25) is 10.0 Å². The second kappa shape index (κ2) is 7.42. The lowest BCUT2D eigenvalue weighted by atomic mass is 10.2. The molecule has 1 aromatic carbocycles. The van der Waals surface area contributed by atoms with E-state index < -0.39 is 21.7 Å². The van der Waals surface area contributed by atoms with Gasteiger partial charge in [-0.15, -0.1) is 0 Å². The average molecular weight is 365 g/mol. The molecular formula is C17H23N3O4S. The zero-order valence-electron chi connectivity index (χ0n) is 14.7. The molecule has 1 amide bonds. The Morgan fingerprint density at radius 2 is 2.00 bits per heavy atom. The minimum Gasteiger partial charge on any atom is -0.444 e. The molecule has 0 spiro atoms. The van der Waals surface area contributed by atoms with Gasteiger partial charge in [-0.3, -0.25) is 0 Å². The number of rotatable bonds is 4. The highest BCUT2D eigenvalue weighted by Crippen LogP contribution is 2.16. The van der Waals surface area contributed by atoms with Crippen LogP contribution in [0, 0.1) is 11.3 Å². The van der Waals surface area contributed by atoms with Crippen LogP contribution in [0.4, 0.5) is 4.79 Å². The average Bonchev–Trinajstić information content (AvgIpc) is 2.93. The molecule has 0 unspecified atom stereocenters. The number of amides is 1. The predicted octanol–water partition coefficient (Wildman–Crippen LogP) is 1.99. The van der Waals surface area contributed by atoms with E-state index in [1.165, 1.54) is 4.90 Å². The standard InChI is InChI=1S/C17H23N3O4S/c1-17(2,3)24-16(21)20-9-8-15(11-20)19-25(22,23)12-14-6-4-13(10-18)5-7-14/h4-7,15,19H,8-9,11-12H2,1-3H3/t15-/m0/s1. The van der Waals surface area contributed by atoms with Crippen LogP contribution in [-0.2, 0) is 20.5 Å². The van der Waals surface area contributed by atoms with Crippen molar-refractivity contribution in [1.29, 1.82) is 5.26 Å². The number of sulfonamides is 1. The van der Waals surface area contributed by atoms with Gasteiger partial charge in [0.1, 0.15) is 5.60 Å². The lowest BCUT2D eigenvalue weighted by molar-refractivity contribution is 0.0292. The number of carbonyl (C=O) groups is 1. The predicted molar refractivity (Wildman–Crippen MR) is 93.1 cm³/mol. The Balaban J connectivity index is 1.91. The Morgan fingerprint density at radius 3 is 2.56 bits per heavy atom. The van der Waals surface area contributed by atoms with Gasteiger partial charge in [-0.05, 0) is 44.9 Å². The summed E-state index contributed by atoms with van der Waals surface area (Å²) in [5.41, 5.74) is 0.510. The number of benzene rings is 1. The number of likely N-dealkylation sites (tertiary alicyclic amines) is 1. The van der Waals surface area contributed by atoms with Crippen LogP contribution in [0.2, 0.25) is 0 Å².